The Balaban J connectivity index is 0.00000162. The third kappa shape index (κ3) is 7.41. The molecule has 0 saturated heterocycles. The first-order valence-electron chi connectivity index (χ1n) is 7.01. The summed E-state index contributed by atoms with van der Waals surface area (Å²) >= 11 is 0. The fourth-order valence-corrected chi connectivity index (χ4v) is 1.63. The number of guanidine groups is 1. The van der Waals surface area contributed by atoms with Crippen LogP contribution in [-0.2, 0) is 4.74 Å². The molecule has 0 spiro atoms. The summed E-state index contributed by atoms with van der Waals surface area (Å²) in [6.07, 6.45) is 6.33. The highest BCUT2D eigenvalue weighted by Gasteiger charge is 2.22. The minimum atomic E-state index is 0. The molecule has 0 aromatic heterocycles. The Morgan fingerprint density at radius 1 is 1.28 bits per heavy atom. The fraction of sp³-hybridized carbons (Fsp3) is 0.923. The molecular formula is C13H26IN3O. The summed E-state index contributed by atoms with van der Waals surface area (Å²) < 4.78 is 5.58. The van der Waals surface area contributed by atoms with E-state index in [4.69, 9.17) is 4.74 Å². The molecule has 0 bridgehead atoms. The average molecular weight is 367 g/mol. The number of nitrogens with zero attached hydrogens (tertiary/aromatic N) is 1. The highest BCUT2D eigenvalue weighted by atomic mass is 127. The van der Waals surface area contributed by atoms with Gasteiger partial charge in [-0.15, -0.1) is 24.0 Å². The zero-order valence-electron chi connectivity index (χ0n) is 11.3. The normalized spacial score (nSPS) is 19.3. The van der Waals surface area contributed by atoms with E-state index < -0.39 is 0 Å². The SMILES string of the molecule is CCNC(=NCCCOCC1CC1)NC1CC1.I. The summed E-state index contributed by atoms with van der Waals surface area (Å²) in [5.41, 5.74) is 0. The summed E-state index contributed by atoms with van der Waals surface area (Å²) in [6.45, 7) is 5.69. The van der Waals surface area contributed by atoms with Crippen molar-refractivity contribution in [2.45, 2.75) is 45.1 Å². The first-order chi connectivity index (χ1) is 8.38. The zero-order chi connectivity index (χ0) is 11.9. The van der Waals surface area contributed by atoms with Crippen LogP contribution in [0.4, 0.5) is 0 Å². The summed E-state index contributed by atoms with van der Waals surface area (Å²) in [6, 6.07) is 0.666. The fourth-order valence-electron chi connectivity index (χ4n) is 1.63. The Morgan fingerprint density at radius 3 is 2.67 bits per heavy atom. The van der Waals surface area contributed by atoms with Crippen LogP contribution in [0.25, 0.3) is 0 Å². The number of hydrogen-bond donors (Lipinski definition) is 2. The number of nitrogens with one attached hydrogen (secondary N) is 2. The molecule has 0 aromatic rings. The van der Waals surface area contributed by atoms with Crippen molar-refractivity contribution in [3.05, 3.63) is 0 Å². The number of hydrogen-bond acceptors (Lipinski definition) is 2. The molecule has 0 unspecified atom stereocenters. The maximum Gasteiger partial charge on any atom is 0.191 e. The van der Waals surface area contributed by atoms with E-state index in [2.05, 4.69) is 22.5 Å². The molecule has 0 radical (unpaired) electrons. The lowest BCUT2D eigenvalue weighted by atomic mass is 10.4. The molecule has 0 heterocycles. The Kier molecular flexibility index (Phi) is 7.97. The lowest BCUT2D eigenvalue weighted by Gasteiger charge is -2.10. The monoisotopic (exact) mass is 367 g/mol. The van der Waals surface area contributed by atoms with Gasteiger partial charge in [-0.1, -0.05) is 0 Å². The van der Waals surface area contributed by atoms with E-state index >= 15 is 0 Å². The first kappa shape index (κ1) is 16.0. The minimum Gasteiger partial charge on any atom is -0.381 e. The van der Waals surface area contributed by atoms with Crippen LogP contribution in [0.5, 0.6) is 0 Å². The van der Waals surface area contributed by atoms with E-state index in [1.807, 2.05) is 0 Å². The Morgan fingerprint density at radius 2 is 2.06 bits per heavy atom. The second-order valence-electron chi connectivity index (χ2n) is 5.05. The van der Waals surface area contributed by atoms with E-state index in [0.717, 1.165) is 44.6 Å². The highest BCUT2D eigenvalue weighted by Crippen LogP contribution is 2.28. The number of aliphatic imine (C=N–C) groups is 1. The van der Waals surface area contributed by atoms with Gasteiger partial charge in [-0.2, -0.15) is 0 Å². The average Bonchev–Trinajstić information content (AvgIpc) is 3.17. The molecule has 2 N–H and O–H groups in total. The molecule has 5 heteroatoms. The summed E-state index contributed by atoms with van der Waals surface area (Å²) in [4.78, 5) is 4.54. The molecule has 4 nitrogen and oxygen atoms in total. The van der Waals surface area contributed by atoms with Gasteiger partial charge in [0.05, 0.1) is 0 Å². The Labute approximate surface area is 127 Å². The van der Waals surface area contributed by atoms with Gasteiger partial charge in [0.15, 0.2) is 5.96 Å². The highest BCUT2D eigenvalue weighted by molar-refractivity contribution is 14.0. The van der Waals surface area contributed by atoms with Crippen LogP contribution in [0, 0.1) is 5.92 Å². The molecule has 2 saturated carbocycles. The van der Waals surface area contributed by atoms with E-state index in [9.17, 15) is 0 Å². The molecule has 2 aliphatic carbocycles. The molecule has 0 atom stereocenters. The van der Waals surface area contributed by atoms with E-state index in [0.29, 0.717) is 6.04 Å². The topological polar surface area (TPSA) is 45.7 Å². The van der Waals surface area contributed by atoms with Gasteiger partial charge >= 0.3 is 0 Å². The van der Waals surface area contributed by atoms with Gasteiger partial charge < -0.3 is 15.4 Å². The maximum atomic E-state index is 5.58. The Bertz CT molecular complexity index is 253. The van der Waals surface area contributed by atoms with Gasteiger partial charge in [-0.05, 0) is 44.9 Å². The summed E-state index contributed by atoms with van der Waals surface area (Å²) in [5.74, 6) is 1.84. The van der Waals surface area contributed by atoms with Gasteiger partial charge in [0.2, 0.25) is 0 Å². The van der Waals surface area contributed by atoms with E-state index in [-0.39, 0.29) is 24.0 Å². The number of ether oxygens (including phenoxy) is 1. The quantitative estimate of drug-likeness (QED) is 0.299. The van der Waals surface area contributed by atoms with Crippen molar-refractivity contribution in [1.29, 1.82) is 0 Å². The number of rotatable bonds is 8. The predicted molar refractivity (Wildman–Crippen MR) is 85.7 cm³/mol. The minimum absolute atomic E-state index is 0. The van der Waals surface area contributed by atoms with Gasteiger partial charge in [-0.25, -0.2) is 0 Å². The maximum absolute atomic E-state index is 5.58. The second-order valence-corrected chi connectivity index (χ2v) is 5.05. The predicted octanol–water partition coefficient (Wildman–Crippen LogP) is 2.14. The van der Waals surface area contributed by atoms with E-state index in [1.54, 1.807) is 0 Å². The van der Waals surface area contributed by atoms with Crippen molar-refractivity contribution in [3.8, 4) is 0 Å². The van der Waals surface area contributed by atoms with Crippen LogP contribution in [0.3, 0.4) is 0 Å². The van der Waals surface area contributed by atoms with Crippen molar-refractivity contribution in [2.75, 3.05) is 26.3 Å². The summed E-state index contributed by atoms with van der Waals surface area (Å²) in [5, 5.41) is 6.68. The van der Waals surface area contributed by atoms with Crippen molar-refractivity contribution in [3.63, 3.8) is 0 Å². The van der Waals surface area contributed by atoms with Gasteiger partial charge in [0, 0.05) is 32.3 Å². The van der Waals surface area contributed by atoms with Crippen LogP contribution in [0.15, 0.2) is 4.99 Å². The van der Waals surface area contributed by atoms with Crippen LogP contribution in [0.2, 0.25) is 0 Å². The van der Waals surface area contributed by atoms with Gasteiger partial charge in [0.25, 0.3) is 0 Å². The lowest BCUT2D eigenvalue weighted by Crippen LogP contribution is -2.38. The molecule has 0 aromatic carbocycles. The molecular weight excluding hydrogens is 341 g/mol. The standard InChI is InChI=1S/C13H25N3O.HI/c1-2-14-13(16-12-6-7-12)15-8-3-9-17-10-11-4-5-11;/h11-12H,2-10H2,1H3,(H2,14,15,16);1H. The molecule has 2 rings (SSSR count). The molecule has 2 fully saturated rings. The van der Waals surface area contributed by atoms with E-state index in [1.165, 1.54) is 25.7 Å². The van der Waals surface area contributed by atoms with Gasteiger partial charge in [-0.3, -0.25) is 4.99 Å². The Hall–Kier alpha value is -0.0400. The van der Waals surface area contributed by atoms with Crippen molar-refractivity contribution in [1.82, 2.24) is 10.6 Å². The smallest absolute Gasteiger partial charge is 0.191 e. The van der Waals surface area contributed by atoms with Crippen LogP contribution < -0.4 is 10.6 Å². The summed E-state index contributed by atoms with van der Waals surface area (Å²) in [7, 11) is 0. The zero-order valence-corrected chi connectivity index (χ0v) is 13.6. The largest absolute Gasteiger partial charge is 0.381 e. The molecule has 18 heavy (non-hydrogen) atoms. The molecule has 2 aliphatic rings. The van der Waals surface area contributed by atoms with Gasteiger partial charge in [0.1, 0.15) is 0 Å². The van der Waals surface area contributed by atoms with Crippen LogP contribution >= 0.6 is 24.0 Å². The third-order valence-corrected chi connectivity index (χ3v) is 3.03. The molecule has 106 valence electrons. The van der Waals surface area contributed by atoms with Crippen LogP contribution in [-0.4, -0.2) is 38.3 Å². The first-order valence-corrected chi connectivity index (χ1v) is 7.01. The van der Waals surface area contributed by atoms with Crippen molar-refractivity contribution >= 4 is 29.9 Å². The number of halogens is 1. The van der Waals surface area contributed by atoms with Crippen molar-refractivity contribution < 1.29 is 4.74 Å². The van der Waals surface area contributed by atoms with Crippen molar-refractivity contribution in [2.24, 2.45) is 10.9 Å². The molecule has 0 aliphatic heterocycles. The van der Waals surface area contributed by atoms with Crippen LogP contribution in [0.1, 0.15) is 39.0 Å². The second kappa shape index (κ2) is 8.96. The third-order valence-electron chi connectivity index (χ3n) is 3.03. The molecule has 0 amide bonds. The lowest BCUT2D eigenvalue weighted by molar-refractivity contribution is 0.123.